The molecular weight excluding hydrogens is 496 g/mol. The van der Waals surface area contributed by atoms with Gasteiger partial charge in [-0.05, 0) is 67.9 Å². The van der Waals surface area contributed by atoms with Gasteiger partial charge in [-0.25, -0.2) is 23.5 Å². The first-order valence-corrected chi connectivity index (χ1v) is 12.7. The zero-order chi connectivity index (χ0) is 25.9. The molecule has 0 amide bonds. The molecule has 6 nitrogen and oxygen atoms in total. The molecule has 0 aliphatic heterocycles. The molecule has 188 valence electrons. The number of nitrogens with zero attached hydrogens (tertiary/aromatic N) is 3. The molecule has 0 radical (unpaired) electrons. The Balaban J connectivity index is 1.47. The summed E-state index contributed by atoms with van der Waals surface area (Å²) in [6, 6.07) is 17.7. The first-order valence-electron chi connectivity index (χ1n) is 11.7. The van der Waals surface area contributed by atoms with Crippen molar-refractivity contribution in [3.8, 4) is 11.5 Å². The Labute approximate surface area is 216 Å². The summed E-state index contributed by atoms with van der Waals surface area (Å²) in [5.41, 5.74) is 3.89. The number of ether oxygens (including phenoxy) is 1. The molecule has 0 saturated heterocycles. The molecule has 0 saturated carbocycles. The van der Waals surface area contributed by atoms with Crippen LogP contribution in [0.25, 0.3) is 22.5 Å². The predicted molar refractivity (Wildman–Crippen MR) is 137 cm³/mol. The van der Waals surface area contributed by atoms with E-state index < -0.39 is 5.97 Å². The highest BCUT2D eigenvalue weighted by Gasteiger charge is 2.18. The average molecular weight is 520 g/mol. The van der Waals surface area contributed by atoms with Gasteiger partial charge in [0, 0.05) is 11.3 Å². The first kappa shape index (κ1) is 24.7. The Hall–Kier alpha value is -3.98. The molecule has 5 rings (SSSR count). The van der Waals surface area contributed by atoms with Gasteiger partial charge < -0.3 is 13.7 Å². The number of carbonyl (C=O) groups excluding carboxylic acids is 1. The van der Waals surface area contributed by atoms with E-state index in [2.05, 4.69) is 4.98 Å². The number of hydrogen-bond donors (Lipinski definition) is 0. The molecule has 0 fully saturated rings. The summed E-state index contributed by atoms with van der Waals surface area (Å²) in [5, 5.41) is 0.676. The van der Waals surface area contributed by atoms with Gasteiger partial charge >= 0.3 is 5.97 Å². The van der Waals surface area contributed by atoms with Crippen LogP contribution in [0.3, 0.4) is 0 Å². The molecule has 0 bridgehead atoms. The number of aryl methyl sites for hydroxylation is 1. The van der Waals surface area contributed by atoms with E-state index in [9.17, 15) is 13.6 Å². The van der Waals surface area contributed by atoms with E-state index in [-0.39, 0.29) is 18.2 Å². The number of carbonyl (C=O) groups is 1. The second-order valence-electron chi connectivity index (χ2n) is 8.36. The van der Waals surface area contributed by atoms with E-state index in [1.807, 2.05) is 23.6 Å². The fourth-order valence-corrected chi connectivity index (χ4v) is 4.99. The summed E-state index contributed by atoms with van der Waals surface area (Å²) >= 11 is 1.45. The highest BCUT2D eigenvalue weighted by Crippen LogP contribution is 2.31. The van der Waals surface area contributed by atoms with Crippen LogP contribution < -0.4 is 0 Å². The number of halogens is 2. The van der Waals surface area contributed by atoms with E-state index in [0.717, 1.165) is 11.1 Å². The highest BCUT2D eigenvalue weighted by atomic mass is 32.2. The van der Waals surface area contributed by atoms with Crippen LogP contribution in [-0.2, 0) is 17.0 Å². The van der Waals surface area contributed by atoms with Gasteiger partial charge in [0.1, 0.15) is 17.4 Å². The van der Waals surface area contributed by atoms with Crippen LogP contribution in [0.5, 0.6) is 0 Å². The third-order valence-electron chi connectivity index (χ3n) is 5.76. The van der Waals surface area contributed by atoms with Crippen molar-refractivity contribution in [2.75, 3.05) is 6.61 Å². The van der Waals surface area contributed by atoms with Gasteiger partial charge in [-0.15, -0.1) is 0 Å². The number of benzene rings is 3. The standard InChI is InChI=1S/C28H23F2N3O3S/c1-3-35-27(34)20-10-11-25-23(14-20)32-28(33(25)15-18-6-4-8-21(29)12-18)37-16-24-17(2)36-26(31-24)19-7-5-9-22(30)13-19/h4-14H,3,15-16H2,1-2H3. The van der Waals surface area contributed by atoms with Crippen LogP contribution in [-0.4, -0.2) is 27.1 Å². The lowest BCUT2D eigenvalue weighted by molar-refractivity contribution is 0.0526. The van der Waals surface area contributed by atoms with Crippen molar-refractivity contribution in [3.05, 3.63) is 101 Å². The number of rotatable bonds is 8. The van der Waals surface area contributed by atoms with Gasteiger partial charge in [0.25, 0.3) is 0 Å². The third kappa shape index (κ3) is 5.41. The van der Waals surface area contributed by atoms with E-state index in [0.29, 0.717) is 51.4 Å². The second kappa shape index (κ2) is 10.6. The molecule has 37 heavy (non-hydrogen) atoms. The van der Waals surface area contributed by atoms with Crippen molar-refractivity contribution < 1.29 is 22.7 Å². The molecule has 0 unspecified atom stereocenters. The summed E-state index contributed by atoms with van der Waals surface area (Å²) in [7, 11) is 0. The van der Waals surface area contributed by atoms with Crippen LogP contribution >= 0.6 is 11.8 Å². The summed E-state index contributed by atoms with van der Waals surface area (Å²) in [6.07, 6.45) is 0. The number of hydrogen-bond acceptors (Lipinski definition) is 6. The summed E-state index contributed by atoms with van der Waals surface area (Å²) in [4.78, 5) is 21.6. The average Bonchev–Trinajstić information content (AvgIpc) is 3.42. The van der Waals surface area contributed by atoms with E-state index in [1.54, 1.807) is 37.3 Å². The summed E-state index contributed by atoms with van der Waals surface area (Å²) in [5.74, 6) is 0.328. The molecule has 2 heterocycles. The first-order chi connectivity index (χ1) is 17.9. The van der Waals surface area contributed by atoms with Crippen molar-refractivity contribution in [2.24, 2.45) is 0 Å². The van der Waals surface area contributed by atoms with Crippen LogP contribution in [0.4, 0.5) is 8.78 Å². The molecule has 0 aliphatic carbocycles. The largest absolute Gasteiger partial charge is 0.462 e. The molecule has 9 heteroatoms. The molecule has 0 spiro atoms. The summed E-state index contributed by atoms with van der Waals surface area (Å²) in [6.45, 7) is 4.24. The lowest BCUT2D eigenvalue weighted by atomic mass is 10.2. The van der Waals surface area contributed by atoms with Crippen molar-refractivity contribution >= 4 is 28.8 Å². The molecule has 2 aromatic heterocycles. The van der Waals surface area contributed by atoms with E-state index >= 15 is 0 Å². The molecule has 0 atom stereocenters. The van der Waals surface area contributed by atoms with Gasteiger partial charge in [0.05, 0.1) is 35.4 Å². The number of oxazole rings is 1. The van der Waals surface area contributed by atoms with Crippen molar-refractivity contribution in [1.29, 1.82) is 0 Å². The lowest BCUT2D eigenvalue weighted by Crippen LogP contribution is -2.05. The fourth-order valence-electron chi connectivity index (χ4n) is 3.97. The maximum absolute atomic E-state index is 13.9. The van der Waals surface area contributed by atoms with Crippen LogP contribution in [0.15, 0.2) is 76.3 Å². The number of esters is 1. The molecular formula is C28H23F2N3O3S. The monoisotopic (exact) mass is 519 g/mol. The smallest absolute Gasteiger partial charge is 0.338 e. The number of thioether (sulfide) groups is 1. The third-order valence-corrected chi connectivity index (χ3v) is 6.74. The van der Waals surface area contributed by atoms with Crippen LogP contribution in [0.1, 0.15) is 34.3 Å². The van der Waals surface area contributed by atoms with Gasteiger partial charge in [0.2, 0.25) is 5.89 Å². The molecule has 0 aliphatic rings. The number of fused-ring (bicyclic) bond motifs is 1. The minimum atomic E-state index is -0.415. The maximum atomic E-state index is 13.9. The number of aromatic nitrogens is 3. The second-order valence-corrected chi connectivity index (χ2v) is 9.30. The minimum Gasteiger partial charge on any atom is -0.462 e. The highest BCUT2D eigenvalue weighted by molar-refractivity contribution is 7.98. The maximum Gasteiger partial charge on any atom is 0.338 e. The molecule has 3 aromatic carbocycles. The Kier molecular flexibility index (Phi) is 7.05. The van der Waals surface area contributed by atoms with Crippen molar-refractivity contribution in [1.82, 2.24) is 14.5 Å². The van der Waals surface area contributed by atoms with E-state index in [1.165, 1.54) is 36.0 Å². The Morgan fingerprint density at radius 2 is 1.81 bits per heavy atom. The fraction of sp³-hybridized carbons (Fsp3) is 0.179. The zero-order valence-corrected chi connectivity index (χ0v) is 21.0. The Bertz CT molecular complexity index is 1600. The summed E-state index contributed by atoms with van der Waals surface area (Å²) < 4.78 is 40.4. The van der Waals surface area contributed by atoms with Gasteiger partial charge in [-0.3, -0.25) is 0 Å². The van der Waals surface area contributed by atoms with E-state index in [4.69, 9.17) is 14.1 Å². The molecule has 5 aromatic rings. The SMILES string of the molecule is CCOC(=O)c1ccc2c(c1)nc(SCc1nc(-c3cccc(F)c3)oc1C)n2Cc1cccc(F)c1. The Morgan fingerprint density at radius 3 is 2.57 bits per heavy atom. The van der Waals surface area contributed by atoms with Crippen molar-refractivity contribution in [2.45, 2.75) is 31.3 Å². The quantitative estimate of drug-likeness (QED) is 0.166. The van der Waals surface area contributed by atoms with Crippen LogP contribution in [0.2, 0.25) is 0 Å². The van der Waals surface area contributed by atoms with Crippen LogP contribution in [0, 0.1) is 18.6 Å². The van der Waals surface area contributed by atoms with Gasteiger partial charge in [0.15, 0.2) is 5.16 Å². The molecule has 0 N–H and O–H groups in total. The lowest BCUT2D eigenvalue weighted by Gasteiger charge is -2.09. The Morgan fingerprint density at radius 1 is 1.03 bits per heavy atom. The topological polar surface area (TPSA) is 70.2 Å². The van der Waals surface area contributed by atoms with Gasteiger partial charge in [-0.1, -0.05) is 30.0 Å². The number of imidazole rings is 1. The normalized spacial score (nSPS) is 11.2. The predicted octanol–water partition coefficient (Wildman–Crippen LogP) is 6.80. The van der Waals surface area contributed by atoms with Gasteiger partial charge in [-0.2, -0.15) is 0 Å². The minimum absolute atomic E-state index is 0.278. The zero-order valence-electron chi connectivity index (χ0n) is 20.2. The van der Waals surface area contributed by atoms with Crippen molar-refractivity contribution in [3.63, 3.8) is 0 Å².